The van der Waals surface area contributed by atoms with Crippen LogP contribution >= 0.6 is 0 Å². The van der Waals surface area contributed by atoms with Crippen molar-refractivity contribution < 1.29 is 9.13 Å². The van der Waals surface area contributed by atoms with Crippen LogP contribution in [-0.2, 0) is 6.54 Å². The third-order valence-electron chi connectivity index (χ3n) is 3.17. The number of halogens is 1. The van der Waals surface area contributed by atoms with Crippen molar-refractivity contribution in [1.29, 1.82) is 5.41 Å². The fourth-order valence-electron chi connectivity index (χ4n) is 1.87. The van der Waals surface area contributed by atoms with Crippen LogP contribution in [0.2, 0.25) is 0 Å². The smallest absolute Gasteiger partial charge is 0.169 e. The summed E-state index contributed by atoms with van der Waals surface area (Å²) in [5.41, 5.74) is 6.06. The van der Waals surface area contributed by atoms with Crippen molar-refractivity contribution in [2.24, 2.45) is 11.7 Å². The molecule has 0 aliphatic heterocycles. The van der Waals surface area contributed by atoms with Crippen LogP contribution in [0.1, 0.15) is 19.4 Å². The number of methoxy groups -OCH3 is 1. The van der Waals surface area contributed by atoms with Gasteiger partial charge in [-0.15, -0.1) is 0 Å². The van der Waals surface area contributed by atoms with E-state index in [0.29, 0.717) is 18.7 Å². The van der Waals surface area contributed by atoms with E-state index >= 15 is 0 Å². The molecule has 0 aliphatic carbocycles. The normalized spacial score (nSPS) is 12.5. The molecule has 4 nitrogen and oxygen atoms in total. The van der Waals surface area contributed by atoms with Crippen molar-refractivity contribution >= 4 is 5.84 Å². The summed E-state index contributed by atoms with van der Waals surface area (Å²) < 4.78 is 19.0. The molecule has 0 radical (unpaired) electrons. The van der Waals surface area contributed by atoms with E-state index in [-0.39, 0.29) is 23.3 Å². The van der Waals surface area contributed by atoms with Gasteiger partial charge in [-0.3, -0.25) is 10.3 Å². The van der Waals surface area contributed by atoms with Gasteiger partial charge in [0.05, 0.1) is 12.9 Å². The Bertz CT molecular complexity index is 437. The fraction of sp³-hybridized carbons (Fsp3) is 0.500. The van der Waals surface area contributed by atoms with E-state index in [4.69, 9.17) is 15.9 Å². The highest BCUT2D eigenvalue weighted by Gasteiger charge is 2.15. The zero-order chi connectivity index (χ0) is 14.4. The Morgan fingerprint density at radius 1 is 1.53 bits per heavy atom. The molecule has 0 bridgehead atoms. The van der Waals surface area contributed by atoms with Crippen molar-refractivity contribution in [3.63, 3.8) is 0 Å². The van der Waals surface area contributed by atoms with Crippen LogP contribution in [-0.4, -0.2) is 30.9 Å². The van der Waals surface area contributed by atoms with Crippen LogP contribution in [0.3, 0.4) is 0 Å². The second-order valence-corrected chi connectivity index (χ2v) is 4.62. The summed E-state index contributed by atoms with van der Waals surface area (Å²) in [5, 5.41) is 7.41. The number of benzene rings is 1. The van der Waals surface area contributed by atoms with Gasteiger partial charge in [0.15, 0.2) is 11.6 Å². The molecule has 19 heavy (non-hydrogen) atoms. The molecule has 0 aliphatic rings. The Balaban J connectivity index is 2.78. The Kier molecular flexibility index (Phi) is 5.76. The van der Waals surface area contributed by atoms with Crippen LogP contribution in [0.5, 0.6) is 5.75 Å². The van der Waals surface area contributed by atoms with Gasteiger partial charge in [0.1, 0.15) is 0 Å². The second-order valence-electron chi connectivity index (χ2n) is 4.62. The molecule has 1 unspecified atom stereocenters. The average molecular weight is 267 g/mol. The zero-order valence-electron chi connectivity index (χ0n) is 11.7. The van der Waals surface area contributed by atoms with Crippen molar-refractivity contribution in [3.05, 3.63) is 29.6 Å². The van der Waals surface area contributed by atoms with Gasteiger partial charge in [-0.25, -0.2) is 4.39 Å². The summed E-state index contributed by atoms with van der Waals surface area (Å²) in [5.74, 6) is 0.0604. The van der Waals surface area contributed by atoms with E-state index in [1.807, 2.05) is 13.8 Å². The maximum Gasteiger partial charge on any atom is 0.169 e. The van der Waals surface area contributed by atoms with Gasteiger partial charge in [0, 0.05) is 24.6 Å². The van der Waals surface area contributed by atoms with Gasteiger partial charge >= 0.3 is 0 Å². The molecule has 0 aromatic heterocycles. The van der Waals surface area contributed by atoms with Gasteiger partial charge in [-0.2, -0.15) is 0 Å². The topological polar surface area (TPSA) is 62.3 Å². The zero-order valence-corrected chi connectivity index (χ0v) is 11.7. The highest BCUT2D eigenvalue weighted by atomic mass is 19.1. The number of ether oxygens (including phenoxy) is 1. The number of nitrogens with one attached hydrogen (secondary N) is 1. The molecule has 0 spiro atoms. The number of nitrogens with two attached hydrogens (primary N) is 1. The van der Waals surface area contributed by atoms with Crippen molar-refractivity contribution in [2.45, 2.75) is 20.4 Å². The SMILES string of the molecule is CCN(Cc1cccc(OC)c1F)CC(C)C(=N)N. The molecule has 0 amide bonds. The van der Waals surface area contributed by atoms with Crippen molar-refractivity contribution in [3.8, 4) is 5.75 Å². The average Bonchev–Trinajstić information content (AvgIpc) is 2.39. The fourth-order valence-corrected chi connectivity index (χ4v) is 1.87. The number of rotatable bonds is 7. The summed E-state index contributed by atoms with van der Waals surface area (Å²) in [4.78, 5) is 2.06. The summed E-state index contributed by atoms with van der Waals surface area (Å²) >= 11 is 0. The minimum absolute atomic E-state index is 0.0337. The highest BCUT2D eigenvalue weighted by molar-refractivity contribution is 5.79. The monoisotopic (exact) mass is 267 g/mol. The van der Waals surface area contributed by atoms with Gasteiger partial charge in [-0.05, 0) is 12.6 Å². The van der Waals surface area contributed by atoms with Gasteiger partial charge < -0.3 is 10.5 Å². The maximum atomic E-state index is 14.0. The first-order valence-corrected chi connectivity index (χ1v) is 6.37. The lowest BCUT2D eigenvalue weighted by Gasteiger charge is -2.24. The maximum absolute atomic E-state index is 14.0. The predicted molar refractivity (Wildman–Crippen MR) is 75.0 cm³/mol. The van der Waals surface area contributed by atoms with Gasteiger partial charge in [0.2, 0.25) is 0 Å². The number of nitrogens with zero attached hydrogens (tertiary/aromatic N) is 1. The van der Waals surface area contributed by atoms with Gasteiger partial charge in [-0.1, -0.05) is 26.0 Å². The first-order valence-electron chi connectivity index (χ1n) is 6.37. The van der Waals surface area contributed by atoms with E-state index in [9.17, 15) is 4.39 Å². The van der Waals surface area contributed by atoms with Crippen LogP contribution in [0.15, 0.2) is 18.2 Å². The summed E-state index contributed by atoms with van der Waals surface area (Å²) in [6.45, 7) is 5.80. The van der Waals surface area contributed by atoms with Crippen molar-refractivity contribution in [2.75, 3.05) is 20.2 Å². The Labute approximate surface area is 113 Å². The van der Waals surface area contributed by atoms with Crippen LogP contribution < -0.4 is 10.5 Å². The first-order chi connectivity index (χ1) is 8.99. The lowest BCUT2D eigenvalue weighted by molar-refractivity contribution is 0.258. The number of amidine groups is 1. The molecule has 1 aromatic carbocycles. The minimum Gasteiger partial charge on any atom is -0.494 e. The Hall–Kier alpha value is -1.62. The second kappa shape index (κ2) is 7.09. The van der Waals surface area contributed by atoms with E-state index in [0.717, 1.165) is 6.54 Å². The van der Waals surface area contributed by atoms with Gasteiger partial charge in [0.25, 0.3) is 0 Å². The molecule has 1 rings (SSSR count). The molecule has 1 atom stereocenters. The Morgan fingerprint density at radius 2 is 2.21 bits per heavy atom. The lowest BCUT2D eigenvalue weighted by Crippen LogP contribution is -2.34. The molecule has 5 heteroatoms. The van der Waals surface area contributed by atoms with Crippen LogP contribution in [0.4, 0.5) is 4.39 Å². The first kappa shape index (κ1) is 15.4. The standard InChI is InChI=1S/C14H22FN3O/c1-4-18(8-10(2)14(16)17)9-11-6-5-7-12(19-3)13(11)15/h5-7,10H,4,8-9H2,1-3H3,(H3,16,17). The Morgan fingerprint density at radius 3 is 2.74 bits per heavy atom. The third-order valence-corrected chi connectivity index (χ3v) is 3.17. The number of hydrogen-bond acceptors (Lipinski definition) is 3. The summed E-state index contributed by atoms with van der Waals surface area (Å²) in [6.07, 6.45) is 0. The van der Waals surface area contributed by atoms with E-state index in [2.05, 4.69) is 4.90 Å². The minimum atomic E-state index is -0.320. The van der Waals surface area contributed by atoms with Crippen LogP contribution in [0, 0.1) is 17.1 Å². The number of hydrogen-bond donors (Lipinski definition) is 2. The molecule has 0 heterocycles. The molecule has 0 fully saturated rings. The summed E-state index contributed by atoms with van der Waals surface area (Å²) in [7, 11) is 1.46. The predicted octanol–water partition coefficient (Wildman–Crippen LogP) is 2.23. The molecular weight excluding hydrogens is 245 g/mol. The lowest BCUT2D eigenvalue weighted by atomic mass is 10.1. The third kappa shape index (κ3) is 4.21. The summed E-state index contributed by atoms with van der Waals surface area (Å²) in [6, 6.07) is 5.13. The highest BCUT2D eigenvalue weighted by Crippen LogP contribution is 2.21. The molecule has 106 valence electrons. The van der Waals surface area contributed by atoms with E-state index in [1.54, 1.807) is 18.2 Å². The quantitative estimate of drug-likeness (QED) is 0.588. The van der Waals surface area contributed by atoms with E-state index in [1.165, 1.54) is 7.11 Å². The van der Waals surface area contributed by atoms with Crippen molar-refractivity contribution in [1.82, 2.24) is 4.90 Å². The molecule has 1 aromatic rings. The van der Waals surface area contributed by atoms with E-state index < -0.39 is 0 Å². The largest absolute Gasteiger partial charge is 0.494 e. The van der Waals surface area contributed by atoms with Crippen LogP contribution in [0.25, 0.3) is 0 Å². The molecule has 0 saturated heterocycles. The molecular formula is C14H22FN3O. The molecule has 0 saturated carbocycles. The molecule has 3 N–H and O–H groups in total.